The molecule has 6 nitrogen and oxygen atoms in total. The predicted octanol–water partition coefficient (Wildman–Crippen LogP) is 0.555. The van der Waals surface area contributed by atoms with Crippen LogP contribution in [0.5, 0.6) is 0 Å². The first-order valence-corrected chi connectivity index (χ1v) is 4.97. The maximum absolute atomic E-state index is 10.8. The van der Waals surface area contributed by atoms with Gasteiger partial charge < -0.3 is 14.9 Å². The highest BCUT2D eigenvalue weighted by Gasteiger charge is 2.30. The van der Waals surface area contributed by atoms with Gasteiger partial charge in [-0.05, 0) is 6.08 Å². The van der Waals surface area contributed by atoms with Crippen molar-refractivity contribution < 1.29 is 24.3 Å². The molecule has 0 unspecified atom stereocenters. The Kier molecular flexibility index (Phi) is 2.56. The Labute approximate surface area is 73.9 Å². The van der Waals surface area contributed by atoms with Crippen LogP contribution in [0.25, 0.3) is 0 Å². The zero-order chi connectivity index (χ0) is 10.1. The molecule has 0 aromatic rings. The van der Waals surface area contributed by atoms with Gasteiger partial charge >= 0.3 is 13.7 Å². The summed E-state index contributed by atoms with van der Waals surface area (Å²) in [5.41, 5.74) is -0.484. The molecule has 0 saturated carbocycles. The van der Waals surface area contributed by atoms with E-state index in [-0.39, 0.29) is 6.54 Å². The van der Waals surface area contributed by atoms with Crippen LogP contribution >= 0.6 is 7.60 Å². The van der Waals surface area contributed by atoms with Gasteiger partial charge in [0.25, 0.3) is 0 Å². The summed E-state index contributed by atoms with van der Waals surface area (Å²) in [6.45, 7) is -0.0354. The van der Waals surface area contributed by atoms with Crippen LogP contribution in [0.15, 0.2) is 23.7 Å². The number of amides is 1. The third-order valence-electron chi connectivity index (χ3n) is 1.48. The predicted molar refractivity (Wildman–Crippen MR) is 44.0 cm³/mol. The van der Waals surface area contributed by atoms with Gasteiger partial charge in [-0.15, -0.1) is 0 Å². The van der Waals surface area contributed by atoms with Crippen molar-refractivity contribution in [3.05, 3.63) is 23.7 Å². The third-order valence-corrected chi connectivity index (χ3v) is 2.46. The Morgan fingerprint density at radius 3 is 2.54 bits per heavy atom. The van der Waals surface area contributed by atoms with Crippen LogP contribution in [0.4, 0.5) is 4.79 Å². The zero-order valence-corrected chi connectivity index (χ0v) is 7.39. The standard InChI is InChI=1S/C6H8NO5P/c8-6(9)7-4-2-1-3-5(7)13(10,11)12/h1-3H,4H2,(H,8,9)(H2,10,11,12). The van der Waals surface area contributed by atoms with Crippen LogP contribution in [0.1, 0.15) is 0 Å². The largest absolute Gasteiger partial charge is 0.465 e. The highest BCUT2D eigenvalue weighted by Crippen LogP contribution is 2.47. The number of rotatable bonds is 1. The second-order valence-corrected chi connectivity index (χ2v) is 3.94. The molecule has 0 fully saturated rings. The number of allylic oxidation sites excluding steroid dienone is 2. The third kappa shape index (κ3) is 2.18. The summed E-state index contributed by atoms with van der Waals surface area (Å²) < 4.78 is 10.8. The van der Waals surface area contributed by atoms with Gasteiger partial charge in [-0.2, -0.15) is 0 Å². The molecule has 0 spiro atoms. The van der Waals surface area contributed by atoms with E-state index in [1.165, 1.54) is 12.2 Å². The molecule has 1 heterocycles. The Bertz CT molecular complexity index is 328. The van der Waals surface area contributed by atoms with Crippen molar-refractivity contribution in [2.75, 3.05) is 6.54 Å². The van der Waals surface area contributed by atoms with Gasteiger partial charge in [-0.1, -0.05) is 12.2 Å². The highest BCUT2D eigenvalue weighted by molar-refractivity contribution is 7.56. The first-order chi connectivity index (χ1) is 5.93. The van der Waals surface area contributed by atoms with E-state index in [9.17, 15) is 9.36 Å². The number of hydrogen-bond acceptors (Lipinski definition) is 2. The van der Waals surface area contributed by atoms with E-state index >= 15 is 0 Å². The van der Waals surface area contributed by atoms with Crippen LogP contribution in [0.3, 0.4) is 0 Å². The van der Waals surface area contributed by atoms with E-state index in [1.54, 1.807) is 0 Å². The summed E-state index contributed by atoms with van der Waals surface area (Å²) in [4.78, 5) is 28.7. The van der Waals surface area contributed by atoms with E-state index in [0.717, 1.165) is 6.08 Å². The molecule has 0 aromatic heterocycles. The lowest BCUT2D eigenvalue weighted by molar-refractivity contribution is 0.162. The number of carboxylic acid groups (broad SMARTS) is 1. The van der Waals surface area contributed by atoms with Crippen molar-refractivity contribution >= 4 is 13.7 Å². The molecule has 1 amide bonds. The molecule has 0 bridgehead atoms. The summed E-state index contributed by atoms with van der Waals surface area (Å²) in [6, 6.07) is 0. The van der Waals surface area contributed by atoms with Crippen molar-refractivity contribution in [2.45, 2.75) is 0 Å². The second-order valence-electron chi connectivity index (χ2n) is 2.39. The first kappa shape index (κ1) is 9.98. The Balaban J connectivity index is 3.03. The molecular formula is C6H8NO5P. The average molecular weight is 205 g/mol. The quantitative estimate of drug-likeness (QED) is 0.543. The first-order valence-electron chi connectivity index (χ1n) is 3.36. The fourth-order valence-electron chi connectivity index (χ4n) is 0.934. The molecule has 13 heavy (non-hydrogen) atoms. The molecule has 72 valence electrons. The molecule has 1 aliphatic heterocycles. The van der Waals surface area contributed by atoms with Crippen LogP contribution in [0, 0.1) is 0 Å². The highest BCUT2D eigenvalue weighted by atomic mass is 31.2. The lowest BCUT2D eigenvalue weighted by Crippen LogP contribution is -2.30. The molecule has 7 heteroatoms. The van der Waals surface area contributed by atoms with Crippen molar-refractivity contribution in [3.63, 3.8) is 0 Å². The summed E-state index contributed by atoms with van der Waals surface area (Å²) in [5.74, 6) is 0. The molecule has 0 aliphatic carbocycles. The summed E-state index contributed by atoms with van der Waals surface area (Å²) in [7, 11) is -4.50. The van der Waals surface area contributed by atoms with E-state index in [2.05, 4.69) is 0 Å². The second kappa shape index (κ2) is 3.33. The SMILES string of the molecule is O=C(O)N1CC=CC=C1P(=O)(O)O. The number of carbonyl (C=O) groups is 1. The van der Waals surface area contributed by atoms with Gasteiger partial charge in [0.05, 0.1) is 0 Å². The van der Waals surface area contributed by atoms with Gasteiger partial charge in [0.1, 0.15) is 5.44 Å². The Hall–Kier alpha value is -1.10. The molecule has 1 aliphatic rings. The van der Waals surface area contributed by atoms with Crippen LogP contribution in [0.2, 0.25) is 0 Å². The maximum atomic E-state index is 10.8. The van der Waals surface area contributed by atoms with E-state index in [0.29, 0.717) is 4.90 Å². The minimum Gasteiger partial charge on any atom is -0.465 e. The van der Waals surface area contributed by atoms with Crippen LogP contribution in [-0.4, -0.2) is 32.4 Å². The topological polar surface area (TPSA) is 98.1 Å². The molecule has 0 saturated heterocycles. The summed E-state index contributed by atoms with van der Waals surface area (Å²) in [5, 5.41) is 8.58. The van der Waals surface area contributed by atoms with Crippen LogP contribution < -0.4 is 0 Å². The van der Waals surface area contributed by atoms with Gasteiger partial charge in [-0.3, -0.25) is 9.46 Å². The van der Waals surface area contributed by atoms with E-state index in [1.807, 2.05) is 0 Å². The van der Waals surface area contributed by atoms with Gasteiger partial charge in [0.15, 0.2) is 0 Å². The minimum absolute atomic E-state index is 0.0354. The van der Waals surface area contributed by atoms with Crippen LogP contribution in [-0.2, 0) is 4.57 Å². The Morgan fingerprint density at radius 1 is 1.54 bits per heavy atom. The van der Waals surface area contributed by atoms with Gasteiger partial charge in [0.2, 0.25) is 0 Å². The fourth-order valence-corrected chi connectivity index (χ4v) is 1.70. The van der Waals surface area contributed by atoms with Crippen molar-refractivity contribution in [3.8, 4) is 0 Å². The fraction of sp³-hybridized carbons (Fsp3) is 0.167. The van der Waals surface area contributed by atoms with Gasteiger partial charge in [0, 0.05) is 6.54 Å². The molecule has 0 radical (unpaired) electrons. The molecule has 1 rings (SSSR count). The molecule has 0 aromatic carbocycles. The van der Waals surface area contributed by atoms with Gasteiger partial charge in [-0.25, -0.2) is 4.79 Å². The molecular weight excluding hydrogens is 197 g/mol. The van der Waals surface area contributed by atoms with E-state index in [4.69, 9.17) is 14.9 Å². The van der Waals surface area contributed by atoms with Crippen molar-refractivity contribution in [2.24, 2.45) is 0 Å². The maximum Gasteiger partial charge on any atom is 0.412 e. The smallest absolute Gasteiger partial charge is 0.412 e. The molecule has 0 atom stereocenters. The monoisotopic (exact) mass is 205 g/mol. The average Bonchev–Trinajstić information content (AvgIpc) is 2.03. The Morgan fingerprint density at radius 2 is 2.15 bits per heavy atom. The van der Waals surface area contributed by atoms with Crippen molar-refractivity contribution in [1.29, 1.82) is 0 Å². The minimum atomic E-state index is -4.50. The van der Waals surface area contributed by atoms with Crippen molar-refractivity contribution in [1.82, 2.24) is 4.90 Å². The normalized spacial score (nSPS) is 17.1. The lowest BCUT2D eigenvalue weighted by atomic mass is 10.4. The van der Waals surface area contributed by atoms with E-state index < -0.39 is 19.1 Å². The lowest BCUT2D eigenvalue weighted by Gasteiger charge is -2.23. The molecule has 3 N–H and O–H groups in total. The zero-order valence-electron chi connectivity index (χ0n) is 6.49. The summed E-state index contributed by atoms with van der Waals surface area (Å²) >= 11 is 0. The summed E-state index contributed by atoms with van der Waals surface area (Å²) in [6.07, 6.45) is 2.62. The number of nitrogens with zero attached hydrogens (tertiary/aromatic N) is 1. The number of hydrogen-bond donors (Lipinski definition) is 3.